The van der Waals surface area contributed by atoms with Gasteiger partial charge in [-0.25, -0.2) is 4.39 Å². The fourth-order valence-electron chi connectivity index (χ4n) is 2.08. The van der Waals surface area contributed by atoms with Crippen molar-refractivity contribution in [1.29, 1.82) is 0 Å². The molecule has 0 aliphatic carbocycles. The van der Waals surface area contributed by atoms with Crippen molar-refractivity contribution in [3.05, 3.63) is 58.9 Å². The second-order valence-electron chi connectivity index (χ2n) is 4.37. The van der Waals surface area contributed by atoms with Crippen LogP contribution in [0.3, 0.4) is 0 Å². The lowest BCUT2D eigenvalue weighted by atomic mass is 10.0. The van der Waals surface area contributed by atoms with Gasteiger partial charge in [-0.05, 0) is 43.7 Å². The molecule has 0 radical (unpaired) electrons. The number of aryl methyl sites for hydroxylation is 2. The lowest BCUT2D eigenvalue weighted by Crippen LogP contribution is -2.20. The molecular formula is C14H16FN3. The number of rotatable bonds is 3. The second kappa shape index (κ2) is 5.23. The van der Waals surface area contributed by atoms with Gasteiger partial charge >= 0.3 is 0 Å². The molecule has 94 valence electrons. The van der Waals surface area contributed by atoms with Crippen molar-refractivity contribution < 1.29 is 4.39 Å². The van der Waals surface area contributed by atoms with E-state index < -0.39 is 0 Å². The van der Waals surface area contributed by atoms with E-state index in [-0.39, 0.29) is 11.9 Å². The van der Waals surface area contributed by atoms with Crippen LogP contribution in [0.5, 0.6) is 0 Å². The molecule has 2 rings (SSSR count). The summed E-state index contributed by atoms with van der Waals surface area (Å²) < 4.78 is 13.2. The van der Waals surface area contributed by atoms with E-state index in [1.165, 1.54) is 12.3 Å². The largest absolute Gasteiger partial charge is 0.308 e. The van der Waals surface area contributed by atoms with Gasteiger partial charge in [0.1, 0.15) is 5.82 Å². The molecule has 0 amide bonds. The van der Waals surface area contributed by atoms with Crippen molar-refractivity contribution in [2.24, 2.45) is 0 Å². The van der Waals surface area contributed by atoms with Crippen LogP contribution >= 0.6 is 0 Å². The Morgan fingerprint density at radius 1 is 1.17 bits per heavy atom. The van der Waals surface area contributed by atoms with Gasteiger partial charge in [0.2, 0.25) is 0 Å². The monoisotopic (exact) mass is 245 g/mol. The van der Waals surface area contributed by atoms with Gasteiger partial charge in [0.15, 0.2) is 0 Å². The number of nitrogens with zero attached hydrogens (tertiary/aromatic N) is 2. The molecule has 3 nitrogen and oxygen atoms in total. The molecule has 0 bridgehead atoms. The minimum Gasteiger partial charge on any atom is -0.308 e. The molecule has 2 heterocycles. The zero-order valence-corrected chi connectivity index (χ0v) is 10.7. The van der Waals surface area contributed by atoms with Gasteiger partial charge in [0, 0.05) is 12.4 Å². The first-order chi connectivity index (χ1) is 8.61. The van der Waals surface area contributed by atoms with Crippen LogP contribution in [0.25, 0.3) is 0 Å². The lowest BCUT2D eigenvalue weighted by molar-refractivity contribution is 0.605. The maximum Gasteiger partial charge on any atom is 0.141 e. The first kappa shape index (κ1) is 12.6. The van der Waals surface area contributed by atoms with Crippen molar-refractivity contribution in [2.45, 2.75) is 19.9 Å². The zero-order chi connectivity index (χ0) is 13.1. The fourth-order valence-corrected chi connectivity index (χ4v) is 2.08. The van der Waals surface area contributed by atoms with Crippen LogP contribution < -0.4 is 5.32 Å². The maximum absolute atomic E-state index is 13.2. The van der Waals surface area contributed by atoms with E-state index in [9.17, 15) is 4.39 Å². The summed E-state index contributed by atoms with van der Waals surface area (Å²) in [4.78, 5) is 8.33. The Balaban J connectivity index is 2.45. The minimum atomic E-state index is -0.336. The first-order valence-corrected chi connectivity index (χ1v) is 5.82. The number of nitrogens with one attached hydrogen (secondary N) is 1. The summed E-state index contributed by atoms with van der Waals surface area (Å²) in [6.07, 6.45) is 4.68. The van der Waals surface area contributed by atoms with Crippen LogP contribution in [-0.2, 0) is 0 Å². The van der Waals surface area contributed by atoms with E-state index in [1.807, 2.05) is 27.1 Å². The highest BCUT2D eigenvalue weighted by Gasteiger charge is 2.16. The topological polar surface area (TPSA) is 37.8 Å². The van der Waals surface area contributed by atoms with E-state index in [2.05, 4.69) is 21.4 Å². The van der Waals surface area contributed by atoms with Crippen LogP contribution in [0.4, 0.5) is 4.39 Å². The number of aromatic nitrogens is 2. The lowest BCUT2D eigenvalue weighted by Gasteiger charge is -2.18. The number of halogens is 1. The molecule has 18 heavy (non-hydrogen) atoms. The molecule has 0 fully saturated rings. The van der Waals surface area contributed by atoms with Crippen LogP contribution in [0, 0.1) is 19.7 Å². The Hall–Kier alpha value is -1.81. The van der Waals surface area contributed by atoms with Gasteiger partial charge in [0.25, 0.3) is 0 Å². The smallest absolute Gasteiger partial charge is 0.141 e. The van der Waals surface area contributed by atoms with Crippen molar-refractivity contribution in [3.8, 4) is 0 Å². The molecule has 0 aliphatic rings. The van der Waals surface area contributed by atoms with E-state index >= 15 is 0 Å². The number of pyridine rings is 2. The average Bonchev–Trinajstić information content (AvgIpc) is 2.33. The highest BCUT2D eigenvalue weighted by atomic mass is 19.1. The van der Waals surface area contributed by atoms with Gasteiger partial charge in [-0.3, -0.25) is 9.97 Å². The predicted molar refractivity (Wildman–Crippen MR) is 68.8 cm³/mol. The molecule has 1 unspecified atom stereocenters. The van der Waals surface area contributed by atoms with Crippen molar-refractivity contribution in [2.75, 3.05) is 7.05 Å². The highest BCUT2D eigenvalue weighted by Crippen LogP contribution is 2.23. The Kier molecular flexibility index (Phi) is 3.67. The molecule has 4 heteroatoms. The van der Waals surface area contributed by atoms with Crippen molar-refractivity contribution in [3.63, 3.8) is 0 Å². The van der Waals surface area contributed by atoms with Crippen LogP contribution in [0.1, 0.15) is 28.4 Å². The quantitative estimate of drug-likeness (QED) is 0.903. The normalized spacial score (nSPS) is 12.4. The molecule has 2 aromatic heterocycles. The molecule has 0 saturated carbocycles. The fraction of sp³-hybridized carbons (Fsp3) is 0.286. The van der Waals surface area contributed by atoms with Crippen molar-refractivity contribution in [1.82, 2.24) is 15.3 Å². The Bertz CT molecular complexity index is 554. The molecule has 1 N–H and O–H groups in total. The number of hydrogen-bond donors (Lipinski definition) is 1. The Morgan fingerprint density at radius 2 is 1.94 bits per heavy atom. The molecule has 0 saturated heterocycles. The van der Waals surface area contributed by atoms with Gasteiger partial charge in [0.05, 0.1) is 17.9 Å². The minimum absolute atomic E-state index is 0.145. The third kappa shape index (κ3) is 2.54. The van der Waals surface area contributed by atoms with E-state index in [4.69, 9.17) is 0 Å². The third-order valence-electron chi connectivity index (χ3n) is 2.88. The van der Waals surface area contributed by atoms with E-state index in [1.54, 1.807) is 6.20 Å². The van der Waals surface area contributed by atoms with Crippen LogP contribution in [0.2, 0.25) is 0 Å². The van der Waals surface area contributed by atoms with E-state index in [0.29, 0.717) is 0 Å². The number of hydrogen-bond acceptors (Lipinski definition) is 3. The summed E-state index contributed by atoms with van der Waals surface area (Å²) >= 11 is 0. The Labute approximate surface area is 106 Å². The molecule has 0 spiro atoms. The van der Waals surface area contributed by atoms with Gasteiger partial charge in [-0.1, -0.05) is 6.07 Å². The van der Waals surface area contributed by atoms with Crippen LogP contribution in [-0.4, -0.2) is 17.0 Å². The van der Waals surface area contributed by atoms with Gasteiger partial charge in [-0.15, -0.1) is 0 Å². The standard InChI is InChI=1S/C14H16FN3/c1-9-4-10(2)13(18-6-9)14(16-3)11-5-12(15)8-17-7-11/h4-8,14,16H,1-3H3. The predicted octanol–water partition coefficient (Wildman–Crippen LogP) is 2.54. The van der Waals surface area contributed by atoms with Crippen molar-refractivity contribution >= 4 is 0 Å². The van der Waals surface area contributed by atoms with Crippen LogP contribution in [0.15, 0.2) is 30.7 Å². The van der Waals surface area contributed by atoms with E-state index in [0.717, 1.165) is 22.4 Å². The SMILES string of the molecule is CNC(c1cncc(F)c1)c1ncc(C)cc1C. The summed E-state index contributed by atoms with van der Waals surface area (Å²) in [5.74, 6) is -0.336. The molecule has 0 aromatic carbocycles. The average molecular weight is 245 g/mol. The third-order valence-corrected chi connectivity index (χ3v) is 2.88. The highest BCUT2D eigenvalue weighted by molar-refractivity contribution is 5.32. The summed E-state index contributed by atoms with van der Waals surface area (Å²) in [6, 6.07) is 3.41. The Morgan fingerprint density at radius 3 is 2.56 bits per heavy atom. The summed E-state index contributed by atoms with van der Waals surface area (Å²) in [6.45, 7) is 4.01. The summed E-state index contributed by atoms with van der Waals surface area (Å²) in [5, 5.41) is 3.15. The summed E-state index contributed by atoms with van der Waals surface area (Å²) in [5.41, 5.74) is 3.87. The maximum atomic E-state index is 13.2. The van der Waals surface area contributed by atoms with Gasteiger partial charge in [-0.2, -0.15) is 0 Å². The first-order valence-electron chi connectivity index (χ1n) is 5.82. The van der Waals surface area contributed by atoms with Gasteiger partial charge < -0.3 is 5.32 Å². The molecule has 0 aliphatic heterocycles. The second-order valence-corrected chi connectivity index (χ2v) is 4.37. The summed E-state index contributed by atoms with van der Waals surface area (Å²) in [7, 11) is 1.83. The molecular weight excluding hydrogens is 229 g/mol. The zero-order valence-electron chi connectivity index (χ0n) is 10.7. The molecule has 1 atom stereocenters. The molecule has 2 aromatic rings.